The quantitative estimate of drug-likeness (QED) is 0.759. The smallest absolute Gasteiger partial charge is 0.161 e. The van der Waals surface area contributed by atoms with Gasteiger partial charge in [-0.2, -0.15) is 0 Å². The van der Waals surface area contributed by atoms with Crippen LogP contribution in [0.25, 0.3) is 16.9 Å². The highest BCUT2D eigenvalue weighted by Gasteiger charge is 2.11. The van der Waals surface area contributed by atoms with E-state index in [1.165, 1.54) is 0 Å². The van der Waals surface area contributed by atoms with E-state index in [9.17, 15) is 5.11 Å². The lowest BCUT2D eigenvalue weighted by molar-refractivity contribution is 0.282. The Hall–Kier alpha value is -2.53. The Morgan fingerprint density at radius 3 is 2.61 bits per heavy atom. The Morgan fingerprint density at radius 1 is 1.09 bits per heavy atom. The van der Waals surface area contributed by atoms with Gasteiger partial charge < -0.3 is 19.0 Å². The summed E-state index contributed by atoms with van der Waals surface area (Å²) >= 11 is 0. The second kappa shape index (κ2) is 6.71. The number of aliphatic hydroxyl groups excluding tert-OH is 1. The first-order valence-corrected chi connectivity index (χ1v) is 7.74. The van der Waals surface area contributed by atoms with Gasteiger partial charge in [-0.1, -0.05) is 6.07 Å². The van der Waals surface area contributed by atoms with E-state index >= 15 is 0 Å². The second-order valence-electron chi connectivity index (χ2n) is 5.08. The summed E-state index contributed by atoms with van der Waals surface area (Å²) in [4.78, 5) is 4.64. The van der Waals surface area contributed by atoms with Gasteiger partial charge in [0.05, 0.1) is 25.5 Å². The van der Waals surface area contributed by atoms with Gasteiger partial charge in [-0.05, 0) is 38.1 Å². The maximum Gasteiger partial charge on any atom is 0.161 e. The third kappa shape index (κ3) is 3.00. The molecule has 0 unspecified atom stereocenters. The molecule has 5 nitrogen and oxygen atoms in total. The van der Waals surface area contributed by atoms with E-state index in [2.05, 4.69) is 4.98 Å². The molecule has 120 valence electrons. The van der Waals surface area contributed by atoms with Crippen LogP contribution in [0.1, 0.15) is 19.4 Å². The van der Waals surface area contributed by atoms with Crippen molar-refractivity contribution in [1.82, 2.24) is 9.38 Å². The van der Waals surface area contributed by atoms with E-state index in [-0.39, 0.29) is 6.61 Å². The van der Waals surface area contributed by atoms with E-state index in [1.807, 2.05) is 61.0 Å². The molecule has 0 saturated heterocycles. The van der Waals surface area contributed by atoms with Crippen LogP contribution in [0.15, 0.2) is 42.7 Å². The summed E-state index contributed by atoms with van der Waals surface area (Å²) in [6, 6.07) is 9.58. The number of hydrogen-bond acceptors (Lipinski definition) is 4. The third-order valence-corrected chi connectivity index (χ3v) is 3.57. The Morgan fingerprint density at radius 2 is 1.87 bits per heavy atom. The molecular weight excluding hydrogens is 292 g/mol. The van der Waals surface area contributed by atoms with Crippen LogP contribution in [0.3, 0.4) is 0 Å². The lowest BCUT2D eigenvalue weighted by Crippen LogP contribution is -1.98. The van der Waals surface area contributed by atoms with Gasteiger partial charge in [0.2, 0.25) is 0 Å². The number of ether oxygens (including phenoxy) is 2. The van der Waals surface area contributed by atoms with E-state index in [1.54, 1.807) is 0 Å². The molecule has 0 spiro atoms. The van der Waals surface area contributed by atoms with Crippen molar-refractivity contribution in [2.24, 2.45) is 0 Å². The Kier molecular flexibility index (Phi) is 4.48. The topological polar surface area (TPSA) is 56.0 Å². The van der Waals surface area contributed by atoms with Gasteiger partial charge >= 0.3 is 0 Å². The molecule has 3 rings (SSSR count). The zero-order valence-corrected chi connectivity index (χ0v) is 13.3. The Labute approximate surface area is 135 Å². The standard InChI is InChI=1S/C18H20N2O3/c1-3-22-16-8-7-13(10-17(16)23-4-2)15-11-20-9-5-6-14(12-21)18(20)19-15/h5-11,21H,3-4,12H2,1-2H3. The van der Waals surface area contributed by atoms with Gasteiger partial charge in [-0.15, -0.1) is 0 Å². The molecule has 0 aliphatic rings. The summed E-state index contributed by atoms with van der Waals surface area (Å²) in [7, 11) is 0. The molecule has 0 amide bonds. The maximum atomic E-state index is 9.44. The molecule has 0 radical (unpaired) electrons. The predicted molar refractivity (Wildman–Crippen MR) is 88.9 cm³/mol. The van der Waals surface area contributed by atoms with Gasteiger partial charge in [0.25, 0.3) is 0 Å². The molecule has 2 heterocycles. The molecule has 3 aromatic rings. The molecule has 0 saturated carbocycles. The maximum absolute atomic E-state index is 9.44. The summed E-state index contributed by atoms with van der Waals surface area (Å²) in [5, 5.41) is 9.44. The molecule has 0 fully saturated rings. The first kappa shape index (κ1) is 15.4. The van der Waals surface area contributed by atoms with Crippen LogP contribution in [0, 0.1) is 0 Å². The molecule has 0 aliphatic heterocycles. The number of pyridine rings is 1. The highest BCUT2D eigenvalue weighted by molar-refractivity contribution is 5.67. The lowest BCUT2D eigenvalue weighted by Gasteiger charge is -2.11. The minimum atomic E-state index is -0.0335. The van der Waals surface area contributed by atoms with Crippen molar-refractivity contribution < 1.29 is 14.6 Å². The number of hydrogen-bond donors (Lipinski definition) is 1. The number of aromatic nitrogens is 2. The first-order chi connectivity index (χ1) is 11.3. The zero-order chi connectivity index (χ0) is 16.2. The molecule has 2 aromatic heterocycles. The zero-order valence-electron chi connectivity index (χ0n) is 13.3. The molecule has 0 aliphatic carbocycles. The van der Waals surface area contributed by atoms with Crippen molar-refractivity contribution in [3.63, 3.8) is 0 Å². The number of aliphatic hydroxyl groups is 1. The van der Waals surface area contributed by atoms with Crippen molar-refractivity contribution in [1.29, 1.82) is 0 Å². The van der Waals surface area contributed by atoms with Crippen LogP contribution < -0.4 is 9.47 Å². The Balaban J connectivity index is 2.05. The van der Waals surface area contributed by atoms with Gasteiger partial charge in [-0.3, -0.25) is 0 Å². The summed E-state index contributed by atoms with van der Waals surface area (Å²) in [6.45, 7) is 5.02. The SMILES string of the molecule is CCOc1ccc(-c2cn3cccc(CO)c3n2)cc1OCC. The number of rotatable bonds is 6. The normalized spacial score (nSPS) is 10.9. The van der Waals surface area contributed by atoms with Crippen LogP contribution in [0.2, 0.25) is 0 Å². The van der Waals surface area contributed by atoms with Gasteiger partial charge in [0, 0.05) is 23.5 Å². The van der Waals surface area contributed by atoms with Crippen LogP contribution >= 0.6 is 0 Å². The van der Waals surface area contributed by atoms with Crippen molar-refractivity contribution >= 4 is 5.65 Å². The monoisotopic (exact) mass is 312 g/mol. The van der Waals surface area contributed by atoms with E-state index in [0.717, 1.165) is 28.2 Å². The first-order valence-electron chi connectivity index (χ1n) is 7.74. The average molecular weight is 312 g/mol. The fourth-order valence-corrected chi connectivity index (χ4v) is 2.54. The average Bonchev–Trinajstić information content (AvgIpc) is 3.01. The van der Waals surface area contributed by atoms with E-state index < -0.39 is 0 Å². The molecule has 1 N–H and O–H groups in total. The van der Waals surface area contributed by atoms with Crippen molar-refractivity contribution in [3.05, 3.63) is 48.3 Å². The number of nitrogens with zero attached hydrogens (tertiary/aromatic N) is 2. The fraction of sp³-hybridized carbons (Fsp3) is 0.278. The number of benzene rings is 1. The molecule has 23 heavy (non-hydrogen) atoms. The van der Waals surface area contributed by atoms with Crippen molar-refractivity contribution in [2.45, 2.75) is 20.5 Å². The number of fused-ring (bicyclic) bond motifs is 1. The van der Waals surface area contributed by atoms with Crippen molar-refractivity contribution in [2.75, 3.05) is 13.2 Å². The van der Waals surface area contributed by atoms with Gasteiger partial charge in [0.1, 0.15) is 5.65 Å². The predicted octanol–water partition coefficient (Wildman–Crippen LogP) is 3.29. The van der Waals surface area contributed by atoms with Crippen LogP contribution in [-0.4, -0.2) is 27.7 Å². The second-order valence-corrected chi connectivity index (χ2v) is 5.08. The third-order valence-electron chi connectivity index (χ3n) is 3.57. The highest BCUT2D eigenvalue weighted by atomic mass is 16.5. The minimum absolute atomic E-state index is 0.0335. The summed E-state index contributed by atoms with van der Waals surface area (Å²) in [5.41, 5.74) is 3.34. The van der Waals surface area contributed by atoms with Gasteiger partial charge in [-0.25, -0.2) is 4.98 Å². The van der Waals surface area contributed by atoms with Crippen LogP contribution in [0.5, 0.6) is 11.5 Å². The summed E-state index contributed by atoms with van der Waals surface area (Å²) in [5.74, 6) is 1.45. The molecule has 0 atom stereocenters. The summed E-state index contributed by atoms with van der Waals surface area (Å²) < 4.78 is 13.2. The molecular formula is C18H20N2O3. The Bertz CT molecular complexity index is 811. The molecule has 0 bridgehead atoms. The number of imidazole rings is 1. The van der Waals surface area contributed by atoms with Crippen LogP contribution in [0.4, 0.5) is 0 Å². The largest absolute Gasteiger partial charge is 0.490 e. The highest BCUT2D eigenvalue weighted by Crippen LogP contribution is 2.32. The van der Waals surface area contributed by atoms with E-state index in [4.69, 9.17) is 9.47 Å². The molecule has 5 heteroatoms. The minimum Gasteiger partial charge on any atom is -0.490 e. The van der Waals surface area contributed by atoms with E-state index in [0.29, 0.717) is 19.0 Å². The molecule has 1 aromatic carbocycles. The van der Waals surface area contributed by atoms with Gasteiger partial charge in [0.15, 0.2) is 11.5 Å². The lowest BCUT2D eigenvalue weighted by atomic mass is 10.1. The summed E-state index contributed by atoms with van der Waals surface area (Å²) in [6.07, 6.45) is 3.86. The van der Waals surface area contributed by atoms with Crippen LogP contribution in [-0.2, 0) is 6.61 Å². The fourth-order valence-electron chi connectivity index (χ4n) is 2.54. The van der Waals surface area contributed by atoms with Crippen molar-refractivity contribution in [3.8, 4) is 22.8 Å².